The number of nitrogens with two attached hydrogens (primary N) is 1. The second-order valence-corrected chi connectivity index (χ2v) is 4.56. The van der Waals surface area contributed by atoms with E-state index in [0.717, 1.165) is 4.47 Å². The van der Waals surface area contributed by atoms with E-state index in [2.05, 4.69) is 15.9 Å². The van der Waals surface area contributed by atoms with Crippen LogP contribution in [0.3, 0.4) is 0 Å². The van der Waals surface area contributed by atoms with Crippen molar-refractivity contribution in [1.82, 2.24) is 0 Å². The summed E-state index contributed by atoms with van der Waals surface area (Å²) in [5.74, 6) is 1.21. The SMILES string of the molecule is COc1cc(OC)c(/C=C(\C#N)C(N)=S)cc1Br. The van der Waals surface area contributed by atoms with Crippen molar-refractivity contribution in [2.75, 3.05) is 14.2 Å². The van der Waals surface area contributed by atoms with Gasteiger partial charge in [0.1, 0.15) is 22.6 Å². The van der Waals surface area contributed by atoms with Crippen molar-refractivity contribution in [3.8, 4) is 17.6 Å². The minimum atomic E-state index is 0.0477. The Morgan fingerprint density at radius 3 is 2.44 bits per heavy atom. The van der Waals surface area contributed by atoms with Crippen molar-refractivity contribution < 1.29 is 9.47 Å². The molecule has 0 aliphatic rings. The van der Waals surface area contributed by atoms with E-state index in [1.165, 1.54) is 7.11 Å². The molecule has 1 aromatic rings. The summed E-state index contributed by atoms with van der Waals surface area (Å²) < 4.78 is 11.1. The molecule has 1 rings (SSSR count). The van der Waals surface area contributed by atoms with Crippen molar-refractivity contribution >= 4 is 39.2 Å². The summed E-state index contributed by atoms with van der Waals surface area (Å²) in [5.41, 5.74) is 6.36. The number of nitrogens with zero attached hydrogens (tertiary/aromatic N) is 1. The zero-order chi connectivity index (χ0) is 13.7. The number of hydrogen-bond acceptors (Lipinski definition) is 4. The molecule has 0 saturated carbocycles. The van der Waals surface area contributed by atoms with Crippen LogP contribution in [0, 0.1) is 11.3 Å². The Morgan fingerprint density at radius 1 is 1.39 bits per heavy atom. The summed E-state index contributed by atoms with van der Waals surface area (Å²) in [6, 6.07) is 5.43. The third-order valence-corrected chi connectivity index (χ3v) is 3.03. The van der Waals surface area contributed by atoms with Crippen LogP contribution in [0.25, 0.3) is 6.08 Å². The average molecular weight is 327 g/mol. The van der Waals surface area contributed by atoms with Gasteiger partial charge in [-0.1, -0.05) is 12.2 Å². The molecule has 0 saturated heterocycles. The Balaban J connectivity index is 3.37. The Morgan fingerprint density at radius 2 is 2.00 bits per heavy atom. The lowest BCUT2D eigenvalue weighted by Crippen LogP contribution is -2.09. The van der Waals surface area contributed by atoms with Gasteiger partial charge in [0, 0.05) is 11.6 Å². The molecule has 1 aromatic carbocycles. The molecule has 0 aliphatic carbocycles. The molecular weight excluding hydrogens is 316 g/mol. The molecule has 18 heavy (non-hydrogen) atoms. The molecule has 0 fully saturated rings. The molecule has 0 aliphatic heterocycles. The van der Waals surface area contributed by atoms with E-state index in [1.54, 1.807) is 25.3 Å². The minimum Gasteiger partial charge on any atom is -0.496 e. The fourth-order valence-electron chi connectivity index (χ4n) is 1.31. The van der Waals surface area contributed by atoms with Gasteiger partial charge in [0.25, 0.3) is 0 Å². The van der Waals surface area contributed by atoms with Crippen LogP contribution >= 0.6 is 28.1 Å². The topological polar surface area (TPSA) is 68.3 Å². The van der Waals surface area contributed by atoms with E-state index in [-0.39, 0.29) is 10.6 Å². The van der Waals surface area contributed by atoms with Gasteiger partial charge in [-0.25, -0.2) is 0 Å². The van der Waals surface area contributed by atoms with Crippen LogP contribution in [0.2, 0.25) is 0 Å². The largest absolute Gasteiger partial charge is 0.496 e. The zero-order valence-corrected chi connectivity index (χ0v) is 12.3. The van der Waals surface area contributed by atoms with Gasteiger partial charge in [-0.2, -0.15) is 5.26 Å². The lowest BCUT2D eigenvalue weighted by atomic mass is 10.1. The molecule has 94 valence electrons. The zero-order valence-electron chi connectivity index (χ0n) is 9.86. The number of methoxy groups -OCH3 is 2. The van der Waals surface area contributed by atoms with Crippen LogP contribution in [0.1, 0.15) is 5.56 Å². The monoisotopic (exact) mass is 326 g/mol. The van der Waals surface area contributed by atoms with E-state index < -0.39 is 0 Å². The summed E-state index contributed by atoms with van der Waals surface area (Å²) in [7, 11) is 3.09. The predicted molar refractivity (Wildman–Crippen MR) is 77.6 cm³/mol. The van der Waals surface area contributed by atoms with Crippen LogP contribution in [0.4, 0.5) is 0 Å². The van der Waals surface area contributed by atoms with Crippen LogP contribution < -0.4 is 15.2 Å². The third-order valence-electron chi connectivity index (χ3n) is 2.19. The molecule has 0 bridgehead atoms. The first-order valence-corrected chi connectivity index (χ1v) is 6.06. The van der Waals surface area contributed by atoms with E-state index in [4.69, 9.17) is 32.7 Å². The molecule has 0 radical (unpaired) electrons. The molecule has 2 N–H and O–H groups in total. The van der Waals surface area contributed by atoms with Gasteiger partial charge in [0.15, 0.2) is 0 Å². The first-order valence-electron chi connectivity index (χ1n) is 4.86. The Hall–Kier alpha value is -1.58. The van der Waals surface area contributed by atoms with Crippen molar-refractivity contribution in [3.05, 3.63) is 27.7 Å². The van der Waals surface area contributed by atoms with Crippen LogP contribution in [-0.4, -0.2) is 19.2 Å². The van der Waals surface area contributed by atoms with Gasteiger partial charge in [0.05, 0.1) is 24.3 Å². The van der Waals surface area contributed by atoms with Crippen molar-refractivity contribution in [1.29, 1.82) is 5.26 Å². The molecule has 0 unspecified atom stereocenters. The van der Waals surface area contributed by atoms with Gasteiger partial charge in [0.2, 0.25) is 0 Å². The summed E-state index contributed by atoms with van der Waals surface area (Å²) >= 11 is 8.15. The normalized spacial score (nSPS) is 10.7. The lowest BCUT2D eigenvalue weighted by Gasteiger charge is -2.10. The number of nitriles is 1. The van der Waals surface area contributed by atoms with Crippen molar-refractivity contribution in [2.45, 2.75) is 0 Å². The van der Waals surface area contributed by atoms with E-state index in [9.17, 15) is 0 Å². The van der Waals surface area contributed by atoms with Gasteiger partial charge in [-0.3, -0.25) is 0 Å². The van der Waals surface area contributed by atoms with Gasteiger partial charge in [-0.05, 0) is 28.1 Å². The fourth-order valence-corrected chi connectivity index (χ4v) is 1.94. The highest BCUT2D eigenvalue weighted by Gasteiger charge is 2.09. The Kier molecular flexibility index (Phi) is 5.13. The standard InChI is InChI=1S/C12H11BrN2O2S/c1-16-10-5-11(17-2)9(13)4-7(10)3-8(6-14)12(15)18/h3-5H,1-2H3,(H2,15,18)/b8-3+. The van der Waals surface area contributed by atoms with Crippen molar-refractivity contribution in [3.63, 3.8) is 0 Å². The van der Waals surface area contributed by atoms with E-state index in [1.807, 2.05) is 6.07 Å². The number of halogens is 1. The number of benzene rings is 1. The quantitative estimate of drug-likeness (QED) is 0.523. The third kappa shape index (κ3) is 3.22. The number of hydrogen-bond donors (Lipinski definition) is 1. The minimum absolute atomic E-state index is 0.0477. The molecule has 0 atom stereocenters. The average Bonchev–Trinajstić information content (AvgIpc) is 2.35. The van der Waals surface area contributed by atoms with Gasteiger partial charge in [-0.15, -0.1) is 0 Å². The number of thiocarbonyl (C=S) groups is 1. The van der Waals surface area contributed by atoms with E-state index in [0.29, 0.717) is 17.1 Å². The number of ether oxygens (including phenoxy) is 2. The first-order chi connectivity index (χ1) is 8.53. The van der Waals surface area contributed by atoms with Crippen LogP contribution in [0.15, 0.2) is 22.2 Å². The molecule has 0 aromatic heterocycles. The fraction of sp³-hybridized carbons (Fsp3) is 0.167. The Labute approximate surface area is 119 Å². The summed E-state index contributed by atoms with van der Waals surface area (Å²) in [6.45, 7) is 0. The van der Waals surface area contributed by atoms with Gasteiger partial charge >= 0.3 is 0 Å². The summed E-state index contributed by atoms with van der Waals surface area (Å²) in [5, 5.41) is 8.93. The highest BCUT2D eigenvalue weighted by atomic mass is 79.9. The summed E-state index contributed by atoms with van der Waals surface area (Å²) in [6.07, 6.45) is 1.57. The smallest absolute Gasteiger partial charge is 0.136 e. The lowest BCUT2D eigenvalue weighted by molar-refractivity contribution is 0.392. The second kappa shape index (κ2) is 6.38. The van der Waals surface area contributed by atoms with Gasteiger partial charge < -0.3 is 15.2 Å². The maximum Gasteiger partial charge on any atom is 0.136 e. The highest BCUT2D eigenvalue weighted by Crippen LogP contribution is 2.33. The van der Waals surface area contributed by atoms with E-state index >= 15 is 0 Å². The van der Waals surface area contributed by atoms with Crippen LogP contribution in [-0.2, 0) is 0 Å². The predicted octanol–water partition coefficient (Wildman–Crippen LogP) is 2.66. The molecule has 0 amide bonds. The summed E-state index contributed by atoms with van der Waals surface area (Å²) in [4.78, 5) is 0.0477. The number of rotatable bonds is 4. The Bertz CT molecular complexity index is 550. The first kappa shape index (κ1) is 14.5. The molecular formula is C12H11BrN2O2S. The maximum absolute atomic E-state index is 8.93. The maximum atomic E-state index is 8.93. The highest BCUT2D eigenvalue weighted by molar-refractivity contribution is 9.10. The van der Waals surface area contributed by atoms with Crippen LogP contribution in [0.5, 0.6) is 11.5 Å². The molecule has 4 nitrogen and oxygen atoms in total. The molecule has 0 spiro atoms. The second-order valence-electron chi connectivity index (χ2n) is 3.26. The van der Waals surface area contributed by atoms with Crippen molar-refractivity contribution in [2.24, 2.45) is 5.73 Å². The molecule has 0 heterocycles. The molecule has 6 heteroatoms.